The summed E-state index contributed by atoms with van der Waals surface area (Å²) in [4.78, 5) is 6.07. The summed E-state index contributed by atoms with van der Waals surface area (Å²) in [7, 11) is 1.75. The largest absolute Gasteiger partial charge is 0.416 e. The summed E-state index contributed by atoms with van der Waals surface area (Å²) in [5.41, 5.74) is 1.74. The number of anilines is 2. The number of hydrogen-bond acceptors (Lipinski definition) is 3. The number of hydrogen-bond donors (Lipinski definition) is 0. The Kier molecular flexibility index (Phi) is 3.86. The Morgan fingerprint density at radius 1 is 1.04 bits per heavy atom. The molecular weight excluding hydrogens is 315 g/mol. The summed E-state index contributed by atoms with van der Waals surface area (Å²) in [5.74, 6) is 0. The van der Waals surface area contributed by atoms with Gasteiger partial charge in [0.15, 0.2) is 0 Å². The number of halogens is 3. The Balaban J connectivity index is 2.06. The second-order valence-electron chi connectivity index (χ2n) is 5.25. The minimum atomic E-state index is -4.36. The molecule has 3 rings (SSSR count). The first-order chi connectivity index (χ1) is 11.4. The number of nitriles is 1. The SMILES string of the molecule is CN(c1ccc(C(F)(F)F)cc1)c1ccc(C#N)c2cccnc12. The highest BCUT2D eigenvalue weighted by Crippen LogP contribution is 2.34. The van der Waals surface area contributed by atoms with Crippen LogP contribution in [0, 0.1) is 11.3 Å². The van der Waals surface area contributed by atoms with Crippen molar-refractivity contribution in [2.45, 2.75) is 6.18 Å². The summed E-state index contributed by atoms with van der Waals surface area (Å²) in [6, 6.07) is 14.0. The maximum atomic E-state index is 12.7. The molecule has 1 aromatic heterocycles. The number of rotatable bonds is 2. The molecule has 0 spiro atoms. The predicted molar refractivity (Wildman–Crippen MR) is 86.0 cm³/mol. The van der Waals surface area contributed by atoms with Gasteiger partial charge in [-0.2, -0.15) is 18.4 Å². The Labute approximate surface area is 136 Å². The van der Waals surface area contributed by atoms with Crippen LogP contribution in [-0.4, -0.2) is 12.0 Å². The lowest BCUT2D eigenvalue weighted by molar-refractivity contribution is -0.137. The highest BCUT2D eigenvalue weighted by atomic mass is 19.4. The molecule has 0 N–H and O–H groups in total. The first-order valence-corrected chi connectivity index (χ1v) is 7.10. The van der Waals surface area contributed by atoms with Gasteiger partial charge in [-0.1, -0.05) is 0 Å². The van der Waals surface area contributed by atoms with Crippen LogP contribution in [0.2, 0.25) is 0 Å². The third-order valence-corrected chi connectivity index (χ3v) is 3.81. The van der Waals surface area contributed by atoms with Gasteiger partial charge in [-0.05, 0) is 48.5 Å². The van der Waals surface area contributed by atoms with Gasteiger partial charge < -0.3 is 4.90 Å². The van der Waals surface area contributed by atoms with Gasteiger partial charge in [-0.15, -0.1) is 0 Å². The van der Waals surface area contributed by atoms with Gasteiger partial charge in [0, 0.05) is 24.3 Å². The van der Waals surface area contributed by atoms with Crippen LogP contribution in [0.25, 0.3) is 10.9 Å². The van der Waals surface area contributed by atoms with Crippen LogP contribution in [0.4, 0.5) is 24.5 Å². The maximum Gasteiger partial charge on any atom is 0.416 e. The van der Waals surface area contributed by atoms with Crippen molar-refractivity contribution in [3.8, 4) is 6.07 Å². The van der Waals surface area contributed by atoms with E-state index in [1.54, 1.807) is 42.4 Å². The number of aromatic nitrogens is 1. The van der Waals surface area contributed by atoms with E-state index in [4.69, 9.17) is 0 Å². The monoisotopic (exact) mass is 327 g/mol. The van der Waals surface area contributed by atoms with Crippen molar-refractivity contribution >= 4 is 22.3 Å². The first-order valence-electron chi connectivity index (χ1n) is 7.10. The zero-order valence-electron chi connectivity index (χ0n) is 12.7. The molecule has 0 bridgehead atoms. The molecule has 6 heteroatoms. The molecule has 0 aliphatic heterocycles. The normalized spacial score (nSPS) is 11.3. The van der Waals surface area contributed by atoms with Gasteiger partial charge in [0.05, 0.1) is 28.4 Å². The maximum absolute atomic E-state index is 12.7. The zero-order chi connectivity index (χ0) is 17.3. The summed E-state index contributed by atoms with van der Waals surface area (Å²) in [5, 5.41) is 9.90. The summed E-state index contributed by atoms with van der Waals surface area (Å²) in [6.07, 6.45) is -2.74. The molecule has 120 valence electrons. The van der Waals surface area contributed by atoms with Crippen molar-refractivity contribution < 1.29 is 13.2 Å². The van der Waals surface area contributed by atoms with E-state index in [9.17, 15) is 18.4 Å². The molecule has 0 fully saturated rings. The van der Waals surface area contributed by atoms with Gasteiger partial charge in [-0.25, -0.2) is 0 Å². The van der Waals surface area contributed by atoms with Crippen LogP contribution in [-0.2, 0) is 6.18 Å². The van der Waals surface area contributed by atoms with Crippen LogP contribution < -0.4 is 4.90 Å². The predicted octanol–water partition coefficient (Wildman–Crippen LogP) is 4.89. The van der Waals surface area contributed by atoms with Crippen molar-refractivity contribution in [3.05, 3.63) is 65.9 Å². The van der Waals surface area contributed by atoms with Crippen molar-refractivity contribution in [1.29, 1.82) is 5.26 Å². The molecule has 0 amide bonds. The molecule has 0 atom stereocenters. The molecule has 0 aliphatic rings. The van der Waals surface area contributed by atoms with E-state index in [0.29, 0.717) is 27.8 Å². The highest BCUT2D eigenvalue weighted by molar-refractivity contribution is 5.96. The molecule has 3 nitrogen and oxygen atoms in total. The lowest BCUT2D eigenvalue weighted by Crippen LogP contribution is -2.11. The van der Waals surface area contributed by atoms with Crippen molar-refractivity contribution in [1.82, 2.24) is 4.98 Å². The second-order valence-corrected chi connectivity index (χ2v) is 5.25. The van der Waals surface area contributed by atoms with Gasteiger partial charge in [0.2, 0.25) is 0 Å². The fraction of sp³-hybridized carbons (Fsp3) is 0.111. The highest BCUT2D eigenvalue weighted by Gasteiger charge is 2.30. The van der Waals surface area contributed by atoms with Gasteiger partial charge in [0.25, 0.3) is 0 Å². The average Bonchev–Trinajstić information content (AvgIpc) is 2.59. The molecule has 0 radical (unpaired) electrons. The van der Waals surface area contributed by atoms with E-state index in [0.717, 1.165) is 12.1 Å². The van der Waals surface area contributed by atoms with E-state index < -0.39 is 11.7 Å². The smallest absolute Gasteiger partial charge is 0.343 e. The standard InChI is InChI=1S/C18H12F3N3/c1-24(14-7-5-13(6-8-14)18(19,20)21)16-9-4-12(11-22)15-3-2-10-23-17(15)16/h2-10H,1H3. The van der Waals surface area contributed by atoms with Crippen LogP contribution in [0.1, 0.15) is 11.1 Å². The number of nitrogens with zero attached hydrogens (tertiary/aromatic N) is 3. The second kappa shape index (κ2) is 5.85. The fourth-order valence-electron chi connectivity index (χ4n) is 2.54. The molecule has 0 aliphatic carbocycles. The molecule has 1 heterocycles. The average molecular weight is 327 g/mol. The Hall–Kier alpha value is -3.07. The number of alkyl halides is 3. The van der Waals surface area contributed by atoms with Crippen LogP contribution in [0.5, 0.6) is 0 Å². The Morgan fingerprint density at radius 2 is 1.75 bits per heavy atom. The summed E-state index contributed by atoms with van der Waals surface area (Å²) in [6.45, 7) is 0. The lowest BCUT2D eigenvalue weighted by atomic mass is 10.1. The topological polar surface area (TPSA) is 39.9 Å². The molecule has 0 saturated carbocycles. The molecule has 0 saturated heterocycles. The first kappa shape index (κ1) is 15.8. The lowest BCUT2D eigenvalue weighted by Gasteiger charge is -2.21. The number of benzene rings is 2. The van der Waals surface area contributed by atoms with E-state index in [2.05, 4.69) is 11.1 Å². The molecule has 0 unspecified atom stereocenters. The summed E-state index contributed by atoms with van der Waals surface area (Å²) < 4.78 is 38.0. The third kappa shape index (κ3) is 2.76. The minimum Gasteiger partial charge on any atom is -0.343 e. The van der Waals surface area contributed by atoms with Crippen molar-refractivity contribution in [2.24, 2.45) is 0 Å². The summed E-state index contributed by atoms with van der Waals surface area (Å²) >= 11 is 0. The fourth-order valence-corrected chi connectivity index (χ4v) is 2.54. The third-order valence-electron chi connectivity index (χ3n) is 3.81. The van der Waals surface area contributed by atoms with Gasteiger partial charge in [-0.3, -0.25) is 4.98 Å². The van der Waals surface area contributed by atoms with E-state index in [1.807, 2.05) is 0 Å². The van der Waals surface area contributed by atoms with Crippen LogP contribution in [0.15, 0.2) is 54.7 Å². The van der Waals surface area contributed by atoms with E-state index in [-0.39, 0.29) is 0 Å². The van der Waals surface area contributed by atoms with Crippen LogP contribution in [0.3, 0.4) is 0 Å². The van der Waals surface area contributed by atoms with Gasteiger partial charge in [0.1, 0.15) is 0 Å². The molecular formula is C18H12F3N3. The van der Waals surface area contributed by atoms with Crippen molar-refractivity contribution in [3.63, 3.8) is 0 Å². The molecule has 3 aromatic rings. The Bertz CT molecular complexity index is 925. The van der Waals surface area contributed by atoms with Crippen molar-refractivity contribution in [2.75, 3.05) is 11.9 Å². The van der Waals surface area contributed by atoms with E-state index in [1.165, 1.54) is 12.1 Å². The Morgan fingerprint density at radius 3 is 2.38 bits per heavy atom. The quantitative estimate of drug-likeness (QED) is 0.672. The number of pyridine rings is 1. The van der Waals surface area contributed by atoms with E-state index >= 15 is 0 Å². The van der Waals surface area contributed by atoms with Gasteiger partial charge >= 0.3 is 6.18 Å². The molecule has 24 heavy (non-hydrogen) atoms. The van der Waals surface area contributed by atoms with Crippen LogP contribution >= 0.6 is 0 Å². The minimum absolute atomic E-state index is 0.502. The number of fused-ring (bicyclic) bond motifs is 1. The molecule has 2 aromatic carbocycles. The zero-order valence-corrected chi connectivity index (χ0v) is 12.7.